The molecular weight excluding hydrogens is 178 g/mol. The predicted molar refractivity (Wildman–Crippen MR) is 54.6 cm³/mol. The van der Waals surface area contributed by atoms with Crippen LogP contribution in [0.2, 0.25) is 0 Å². The van der Waals surface area contributed by atoms with Crippen molar-refractivity contribution >= 4 is 0 Å². The lowest BCUT2D eigenvalue weighted by atomic mass is 10.2. The van der Waals surface area contributed by atoms with Gasteiger partial charge in [-0.2, -0.15) is 0 Å². The third-order valence-corrected chi connectivity index (χ3v) is 2.47. The normalized spacial score (nSPS) is 21.0. The average molecular weight is 193 g/mol. The van der Waals surface area contributed by atoms with Crippen molar-refractivity contribution in [3.05, 3.63) is 24.3 Å². The van der Waals surface area contributed by atoms with Crippen LogP contribution in [0.15, 0.2) is 24.3 Å². The summed E-state index contributed by atoms with van der Waals surface area (Å²) in [6.07, 6.45) is 2.38. The Hall–Kier alpha value is -1.22. The van der Waals surface area contributed by atoms with Gasteiger partial charge < -0.3 is 15.2 Å². The van der Waals surface area contributed by atoms with Crippen LogP contribution in [0.3, 0.4) is 0 Å². The molecule has 0 bridgehead atoms. The summed E-state index contributed by atoms with van der Waals surface area (Å²) in [7, 11) is 0. The van der Waals surface area contributed by atoms with Crippen LogP contribution >= 0.6 is 0 Å². The fourth-order valence-corrected chi connectivity index (χ4v) is 1.67. The third-order valence-electron chi connectivity index (χ3n) is 2.47. The van der Waals surface area contributed by atoms with E-state index in [2.05, 4.69) is 5.32 Å². The maximum atomic E-state index is 9.44. The van der Waals surface area contributed by atoms with E-state index in [1.165, 1.54) is 6.42 Å². The summed E-state index contributed by atoms with van der Waals surface area (Å²) in [6, 6.07) is 7.50. The van der Waals surface area contributed by atoms with E-state index in [9.17, 15) is 5.11 Å². The monoisotopic (exact) mass is 193 g/mol. The predicted octanol–water partition coefficient (Wildman–Crippen LogP) is 1.52. The molecule has 2 rings (SSSR count). The molecule has 0 radical (unpaired) electrons. The molecule has 14 heavy (non-hydrogen) atoms. The van der Waals surface area contributed by atoms with Crippen molar-refractivity contribution in [3.8, 4) is 11.5 Å². The number of para-hydroxylation sites is 2. The van der Waals surface area contributed by atoms with Crippen LogP contribution in [0.1, 0.15) is 12.8 Å². The van der Waals surface area contributed by atoms with Gasteiger partial charge in [-0.1, -0.05) is 12.1 Å². The van der Waals surface area contributed by atoms with E-state index >= 15 is 0 Å². The minimum atomic E-state index is 0.213. The number of phenolic OH excluding ortho intramolecular Hbond substituents is 1. The Morgan fingerprint density at radius 2 is 2.29 bits per heavy atom. The van der Waals surface area contributed by atoms with Crippen molar-refractivity contribution in [2.24, 2.45) is 0 Å². The van der Waals surface area contributed by atoms with Gasteiger partial charge in [-0.15, -0.1) is 0 Å². The number of hydrogen-bond acceptors (Lipinski definition) is 3. The van der Waals surface area contributed by atoms with Crippen LogP contribution < -0.4 is 10.1 Å². The summed E-state index contributed by atoms with van der Waals surface area (Å²) in [5, 5.41) is 12.8. The van der Waals surface area contributed by atoms with Gasteiger partial charge in [-0.3, -0.25) is 0 Å². The Morgan fingerprint density at radius 1 is 1.43 bits per heavy atom. The molecule has 1 fully saturated rings. The first-order valence-electron chi connectivity index (χ1n) is 5.00. The van der Waals surface area contributed by atoms with Gasteiger partial charge in [0.2, 0.25) is 0 Å². The number of benzene rings is 1. The van der Waals surface area contributed by atoms with Gasteiger partial charge in [0.25, 0.3) is 0 Å². The minimum Gasteiger partial charge on any atom is -0.504 e. The Labute approximate surface area is 83.7 Å². The molecule has 3 nitrogen and oxygen atoms in total. The Balaban J connectivity index is 1.88. The highest BCUT2D eigenvalue weighted by molar-refractivity contribution is 5.37. The zero-order valence-corrected chi connectivity index (χ0v) is 8.07. The summed E-state index contributed by atoms with van der Waals surface area (Å²) in [4.78, 5) is 0. The fourth-order valence-electron chi connectivity index (χ4n) is 1.67. The summed E-state index contributed by atoms with van der Waals surface area (Å²) in [5.74, 6) is 0.784. The quantitative estimate of drug-likeness (QED) is 0.764. The van der Waals surface area contributed by atoms with Crippen molar-refractivity contribution < 1.29 is 9.84 Å². The Morgan fingerprint density at radius 3 is 3.00 bits per heavy atom. The van der Waals surface area contributed by atoms with E-state index in [1.807, 2.05) is 6.07 Å². The van der Waals surface area contributed by atoms with Gasteiger partial charge in [0.05, 0.1) is 0 Å². The molecule has 76 valence electrons. The van der Waals surface area contributed by atoms with Crippen LogP contribution in [0.4, 0.5) is 0 Å². The van der Waals surface area contributed by atoms with Gasteiger partial charge in [0.15, 0.2) is 11.5 Å². The zero-order valence-electron chi connectivity index (χ0n) is 8.07. The van der Waals surface area contributed by atoms with Gasteiger partial charge in [0, 0.05) is 6.04 Å². The molecule has 0 aliphatic carbocycles. The number of rotatable bonds is 3. The maximum Gasteiger partial charge on any atom is 0.160 e. The molecule has 1 aliphatic rings. The molecule has 1 atom stereocenters. The van der Waals surface area contributed by atoms with E-state index < -0.39 is 0 Å². The second kappa shape index (κ2) is 4.33. The average Bonchev–Trinajstić information content (AvgIpc) is 2.69. The SMILES string of the molecule is Oc1ccccc1OCC1CCCN1. The fraction of sp³-hybridized carbons (Fsp3) is 0.455. The Bertz CT molecular complexity index is 295. The minimum absolute atomic E-state index is 0.213. The second-order valence-electron chi connectivity index (χ2n) is 3.57. The van der Waals surface area contributed by atoms with Crippen LogP contribution in [0, 0.1) is 0 Å². The highest BCUT2D eigenvalue weighted by Crippen LogP contribution is 2.24. The molecule has 1 heterocycles. The second-order valence-corrected chi connectivity index (χ2v) is 3.57. The van der Waals surface area contributed by atoms with Crippen molar-refractivity contribution in [1.82, 2.24) is 5.32 Å². The maximum absolute atomic E-state index is 9.44. The molecule has 0 aromatic heterocycles. The van der Waals surface area contributed by atoms with E-state index in [-0.39, 0.29) is 5.75 Å². The van der Waals surface area contributed by atoms with Gasteiger partial charge in [-0.05, 0) is 31.5 Å². The summed E-state index contributed by atoms with van der Waals surface area (Å²) in [5.41, 5.74) is 0. The smallest absolute Gasteiger partial charge is 0.160 e. The molecule has 1 unspecified atom stereocenters. The molecule has 0 saturated carbocycles. The lowest BCUT2D eigenvalue weighted by molar-refractivity contribution is 0.265. The summed E-state index contributed by atoms with van der Waals surface area (Å²) in [6.45, 7) is 1.71. The third kappa shape index (κ3) is 2.17. The van der Waals surface area contributed by atoms with Crippen LogP contribution in [-0.4, -0.2) is 24.3 Å². The molecule has 1 aliphatic heterocycles. The first-order chi connectivity index (χ1) is 6.86. The van der Waals surface area contributed by atoms with Gasteiger partial charge in [0.1, 0.15) is 6.61 Å². The van der Waals surface area contributed by atoms with Crippen LogP contribution in [0.25, 0.3) is 0 Å². The Kier molecular flexibility index (Phi) is 2.89. The van der Waals surface area contributed by atoms with E-state index in [0.29, 0.717) is 18.4 Å². The highest BCUT2D eigenvalue weighted by atomic mass is 16.5. The summed E-state index contributed by atoms with van der Waals surface area (Å²) < 4.78 is 5.51. The van der Waals surface area contributed by atoms with Crippen LogP contribution in [0.5, 0.6) is 11.5 Å². The van der Waals surface area contributed by atoms with E-state index in [1.54, 1.807) is 18.2 Å². The summed E-state index contributed by atoms with van der Waals surface area (Å²) >= 11 is 0. The van der Waals surface area contributed by atoms with Crippen molar-refractivity contribution in [1.29, 1.82) is 0 Å². The lowest BCUT2D eigenvalue weighted by Crippen LogP contribution is -2.28. The first-order valence-corrected chi connectivity index (χ1v) is 5.00. The molecule has 1 aromatic carbocycles. The molecule has 1 saturated heterocycles. The first kappa shape index (κ1) is 9.34. The molecular formula is C11H15NO2. The molecule has 0 spiro atoms. The van der Waals surface area contributed by atoms with Crippen molar-refractivity contribution in [3.63, 3.8) is 0 Å². The van der Waals surface area contributed by atoms with E-state index in [4.69, 9.17) is 4.74 Å². The number of nitrogens with one attached hydrogen (secondary N) is 1. The van der Waals surface area contributed by atoms with Gasteiger partial charge in [-0.25, -0.2) is 0 Å². The number of phenols is 1. The van der Waals surface area contributed by atoms with Gasteiger partial charge >= 0.3 is 0 Å². The lowest BCUT2D eigenvalue weighted by Gasteiger charge is -2.12. The molecule has 2 N–H and O–H groups in total. The number of aromatic hydroxyl groups is 1. The molecule has 1 aromatic rings. The molecule has 0 amide bonds. The number of hydrogen-bond donors (Lipinski definition) is 2. The standard InChI is InChI=1S/C11H15NO2/c13-10-5-1-2-6-11(10)14-8-9-4-3-7-12-9/h1-2,5-6,9,12-13H,3-4,7-8H2. The zero-order chi connectivity index (χ0) is 9.80. The molecule has 3 heteroatoms. The van der Waals surface area contributed by atoms with E-state index in [0.717, 1.165) is 13.0 Å². The topological polar surface area (TPSA) is 41.5 Å². The van der Waals surface area contributed by atoms with Crippen LogP contribution in [-0.2, 0) is 0 Å². The van der Waals surface area contributed by atoms with Crippen molar-refractivity contribution in [2.45, 2.75) is 18.9 Å². The van der Waals surface area contributed by atoms with Crippen molar-refractivity contribution in [2.75, 3.05) is 13.2 Å². The largest absolute Gasteiger partial charge is 0.504 e. The number of ether oxygens (including phenoxy) is 1. The highest BCUT2D eigenvalue weighted by Gasteiger charge is 2.14.